The van der Waals surface area contributed by atoms with Gasteiger partial charge in [-0.2, -0.15) is 0 Å². The van der Waals surface area contributed by atoms with Gasteiger partial charge in [0.25, 0.3) is 5.91 Å². The largest absolute Gasteiger partial charge is 0.467 e. The summed E-state index contributed by atoms with van der Waals surface area (Å²) in [5.74, 6) is 1.60. The van der Waals surface area contributed by atoms with Gasteiger partial charge in [-0.15, -0.1) is 11.8 Å². The average Bonchev–Trinajstić information content (AvgIpc) is 3.14. The number of nitrogens with zero attached hydrogens (tertiary/aromatic N) is 1. The van der Waals surface area contributed by atoms with Crippen LogP contribution in [0.5, 0.6) is 0 Å². The van der Waals surface area contributed by atoms with Crippen LogP contribution >= 0.6 is 23.4 Å². The summed E-state index contributed by atoms with van der Waals surface area (Å²) in [7, 11) is 1.77. The second-order valence-electron chi connectivity index (χ2n) is 5.68. The molecule has 0 radical (unpaired) electrons. The molecule has 1 aromatic heterocycles. The number of furan rings is 1. The van der Waals surface area contributed by atoms with Crippen LogP contribution in [0.1, 0.15) is 21.7 Å². The Morgan fingerprint density at radius 2 is 1.80 bits per heavy atom. The highest BCUT2D eigenvalue weighted by atomic mass is 35.5. The summed E-state index contributed by atoms with van der Waals surface area (Å²) in [6.45, 7) is 0.458. The molecule has 0 aliphatic carbocycles. The van der Waals surface area contributed by atoms with Crippen LogP contribution < -0.4 is 0 Å². The normalized spacial score (nSPS) is 10.6. The highest BCUT2D eigenvalue weighted by molar-refractivity contribution is 7.98. The van der Waals surface area contributed by atoms with E-state index in [4.69, 9.17) is 16.0 Å². The van der Waals surface area contributed by atoms with Crippen molar-refractivity contribution in [3.05, 3.63) is 88.8 Å². The van der Waals surface area contributed by atoms with E-state index in [1.807, 2.05) is 60.7 Å². The Hall–Kier alpha value is -2.17. The summed E-state index contributed by atoms with van der Waals surface area (Å²) in [6, 6.07) is 19.2. The van der Waals surface area contributed by atoms with Gasteiger partial charge in [0.15, 0.2) is 0 Å². The maximum absolute atomic E-state index is 12.5. The molecule has 0 aliphatic rings. The summed E-state index contributed by atoms with van der Waals surface area (Å²) >= 11 is 7.63. The predicted molar refractivity (Wildman–Crippen MR) is 102 cm³/mol. The van der Waals surface area contributed by atoms with Crippen molar-refractivity contribution in [3.63, 3.8) is 0 Å². The maximum atomic E-state index is 12.5. The summed E-state index contributed by atoms with van der Waals surface area (Å²) in [5.41, 5.74) is 1.85. The zero-order valence-corrected chi connectivity index (χ0v) is 15.4. The smallest absolute Gasteiger partial charge is 0.254 e. The van der Waals surface area contributed by atoms with Crippen molar-refractivity contribution in [1.29, 1.82) is 0 Å². The zero-order valence-electron chi connectivity index (χ0n) is 13.8. The Bertz CT molecular complexity index is 814. The first-order valence-corrected chi connectivity index (χ1v) is 9.23. The third kappa shape index (κ3) is 4.91. The third-order valence-corrected chi connectivity index (χ3v) is 5.07. The molecule has 0 spiro atoms. The number of rotatable bonds is 6. The topological polar surface area (TPSA) is 33.5 Å². The van der Waals surface area contributed by atoms with Gasteiger partial charge in [-0.05, 0) is 54.1 Å². The fourth-order valence-electron chi connectivity index (χ4n) is 2.37. The lowest BCUT2D eigenvalue weighted by Crippen LogP contribution is -2.25. The van der Waals surface area contributed by atoms with Crippen molar-refractivity contribution in [2.45, 2.75) is 17.2 Å². The van der Waals surface area contributed by atoms with E-state index in [0.29, 0.717) is 12.1 Å². The molecular formula is C20H18ClNO2S. The van der Waals surface area contributed by atoms with Crippen LogP contribution in [0.15, 0.2) is 76.2 Å². The Morgan fingerprint density at radius 1 is 1.08 bits per heavy atom. The van der Waals surface area contributed by atoms with Crippen molar-refractivity contribution in [2.75, 3.05) is 7.05 Å². The Morgan fingerprint density at radius 3 is 2.44 bits per heavy atom. The molecule has 3 aromatic rings. The van der Waals surface area contributed by atoms with Crippen LogP contribution in [0.3, 0.4) is 0 Å². The Balaban J connectivity index is 1.57. The fraction of sp³-hybridized carbons (Fsp3) is 0.150. The van der Waals surface area contributed by atoms with Gasteiger partial charge in [0, 0.05) is 28.3 Å². The van der Waals surface area contributed by atoms with Crippen molar-refractivity contribution in [3.8, 4) is 0 Å². The van der Waals surface area contributed by atoms with E-state index in [0.717, 1.165) is 16.5 Å². The molecule has 25 heavy (non-hydrogen) atoms. The second kappa shape index (κ2) is 8.28. The van der Waals surface area contributed by atoms with Crippen molar-refractivity contribution < 1.29 is 9.21 Å². The van der Waals surface area contributed by atoms with Gasteiger partial charge in [0.05, 0.1) is 12.8 Å². The molecule has 0 atom stereocenters. The molecule has 0 saturated carbocycles. The molecule has 128 valence electrons. The van der Waals surface area contributed by atoms with Crippen LogP contribution in [-0.4, -0.2) is 17.9 Å². The number of amides is 1. The highest BCUT2D eigenvalue weighted by Crippen LogP contribution is 2.24. The first kappa shape index (κ1) is 17.6. The van der Waals surface area contributed by atoms with Gasteiger partial charge in [-0.3, -0.25) is 4.79 Å². The minimum absolute atomic E-state index is 0.0201. The summed E-state index contributed by atoms with van der Waals surface area (Å²) < 4.78 is 5.29. The lowest BCUT2D eigenvalue weighted by atomic mass is 10.1. The van der Waals surface area contributed by atoms with E-state index in [1.54, 1.807) is 30.0 Å². The molecule has 3 nitrogen and oxygen atoms in total. The first-order valence-electron chi connectivity index (χ1n) is 7.87. The van der Waals surface area contributed by atoms with Crippen molar-refractivity contribution in [2.24, 2.45) is 0 Å². The number of thioether (sulfide) groups is 1. The van der Waals surface area contributed by atoms with Crippen LogP contribution in [0.2, 0.25) is 5.02 Å². The van der Waals surface area contributed by atoms with Gasteiger partial charge < -0.3 is 9.32 Å². The molecule has 2 aromatic carbocycles. The van der Waals surface area contributed by atoms with Crippen LogP contribution in [0.4, 0.5) is 0 Å². The van der Waals surface area contributed by atoms with E-state index >= 15 is 0 Å². The summed E-state index contributed by atoms with van der Waals surface area (Å²) in [4.78, 5) is 15.3. The minimum Gasteiger partial charge on any atom is -0.467 e. The predicted octanol–water partition coefficient (Wildman–Crippen LogP) is 5.50. The number of hydrogen-bond donors (Lipinski definition) is 0. The van der Waals surface area contributed by atoms with Gasteiger partial charge >= 0.3 is 0 Å². The molecule has 0 N–H and O–H groups in total. The molecule has 0 unspecified atom stereocenters. The van der Waals surface area contributed by atoms with E-state index in [9.17, 15) is 4.79 Å². The number of benzene rings is 2. The summed E-state index contributed by atoms with van der Waals surface area (Å²) in [6.07, 6.45) is 1.61. The minimum atomic E-state index is -0.0201. The van der Waals surface area contributed by atoms with Gasteiger partial charge in [0.1, 0.15) is 5.76 Å². The quantitative estimate of drug-likeness (QED) is 0.536. The Kier molecular flexibility index (Phi) is 5.84. The van der Waals surface area contributed by atoms with Crippen LogP contribution in [0.25, 0.3) is 0 Å². The van der Waals surface area contributed by atoms with Crippen molar-refractivity contribution >= 4 is 29.3 Å². The fourth-order valence-corrected chi connectivity index (χ4v) is 3.35. The number of carbonyl (C=O) groups is 1. The van der Waals surface area contributed by atoms with Gasteiger partial charge in [-0.1, -0.05) is 23.7 Å². The molecule has 3 rings (SSSR count). The standard InChI is InChI=1S/C20H18ClNO2S/c1-22(13-18-3-2-12-24-18)20(23)16-6-4-15(5-7-16)14-25-19-10-8-17(21)9-11-19/h2-12H,13-14H2,1H3. The average molecular weight is 372 g/mol. The van der Waals surface area contributed by atoms with Crippen LogP contribution in [0, 0.1) is 0 Å². The van der Waals surface area contributed by atoms with E-state index in [-0.39, 0.29) is 5.91 Å². The monoisotopic (exact) mass is 371 g/mol. The van der Waals surface area contributed by atoms with E-state index < -0.39 is 0 Å². The molecule has 0 aliphatic heterocycles. The zero-order chi connectivity index (χ0) is 17.6. The molecule has 0 fully saturated rings. The number of halogens is 1. The lowest BCUT2D eigenvalue weighted by Gasteiger charge is -2.16. The molecule has 0 bridgehead atoms. The highest BCUT2D eigenvalue weighted by Gasteiger charge is 2.13. The molecule has 5 heteroatoms. The van der Waals surface area contributed by atoms with Gasteiger partial charge in [0.2, 0.25) is 0 Å². The number of carbonyl (C=O) groups excluding carboxylic acids is 1. The second-order valence-corrected chi connectivity index (χ2v) is 7.17. The van der Waals surface area contributed by atoms with Gasteiger partial charge in [-0.25, -0.2) is 0 Å². The SMILES string of the molecule is CN(Cc1ccco1)C(=O)c1ccc(CSc2ccc(Cl)cc2)cc1. The van der Waals surface area contributed by atoms with Crippen LogP contribution in [-0.2, 0) is 12.3 Å². The molecule has 0 saturated heterocycles. The Labute approximate surface area is 156 Å². The lowest BCUT2D eigenvalue weighted by molar-refractivity contribution is 0.0775. The molecular weight excluding hydrogens is 354 g/mol. The van der Waals surface area contributed by atoms with Crippen molar-refractivity contribution in [1.82, 2.24) is 4.90 Å². The summed E-state index contributed by atoms with van der Waals surface area (Å²) in [5, 5.41) is 0.742. The van der Waals surface area contributed by atoms with E-state index in [1.165, 1.54) is 10.5 Å². The molecule has 1 heterocycles. The molecule has 1 amide bonds. The maximum Gasteiger partial charge on any atom is 0.254 e. The first-order chi connectivity index (χ1) is 12.1. The van der Waals surface area contributed by atoms with E-state index in [2.05, 4.69) is 0 Å². The third-order valence-electron chi connectivity index (χ3n) is 3.74. The number of hydrogen-bond acceptors (Lipinski definition) is 3.